The molecule has 0 saturated heterocycles. The summed E-state index contributed by atoms with van der Waals surface area (Å²) in [5.74, 6) is -0.0343. The maximum Gasteiger partial charge on any atom is 0.272 e. The molecule has 0 bridgehead atoms. The molecule has 0 aliphatic carbocycles. The van der Waals surface area contributed by atoms with Crippen LogP contribution in [0, 0.1) is 20.8 Å². The van der Waals surface area contributed by atoms with Gasteiger partial charge >= 0.3 is 0 Å². The van der Waals surface area contributed by atoms with Crippen LogP contribution in [0.25, 0.3) is 11.3 Å². The summed E-state index contributed by atoms with van der Waals surface area (Å²) in [6.07, 6.45) is 1.72. The van der Waals surface area contributed by atoms with E-state index in [0.717, 1.165) is 11.3 Å². The average Bonchev–Trinajstić information content (AvgIpc) is 2.89. The number of hydrogen-bond donors (Lipinski definition) is 0. The Labute approximate surface area is 138 Å². The van der Waals surface area contributed by atoms with E-state index in [2.05, 4.69) is 44.6 Å². The second-order valence-electron chi connectivity index (χ2n) is 5.98. The zero-order chi connectivity index (χ0) is 17.1. The number of aromatic nitrogens is 2. The minimum atomic E-state index is -0.0343. The third kappa shape index (κ3) is 3.36. The van der Waals surface area contributed by atoms with Crippen molar-refractivity contribution in [3.8, 4) is 11.3 Å². The van der Waals surface area contributed by atoms with Crippen LogP contribution in [0.1, 0.15) is 34.1 Å². The monoisotopic (exact) mass is 311 g/mol. The normalized spacial score (nSPS) is 10.7. The number of benzene rings is 1. The number of amides is 1. The standard InChI is InChI=1S/C19H25N3O/c1-7-9-21(6)19(23)17-12-16(20-22(17)8-2)18-14(4)10-13(3)11-15(18)5/h7,10-12H,1,8-9H2,2-6H3. The minimum absolute atomic E-state index is 0.0343. The third-order valence-electron chi connectivity index (χ3n) is 3.98. The predicted molar refractivity (Wildman–Crippen MR) is 94.7 cm³/mol. The molecule has 0 aliphatic rings. The van der Waals surface area contributed by atoms with Crippen LogP contribution in [0.5, 0.6) is 0 Å². The van der Waals surface area contributed by atoms with Gasteiger partial charge in [0.25, 0.3) is 5.91 Å². The first-order valence-corrected chi connectivity index (χ1v) is 7.91. The van der Waals surface area contributed by atoms with E-state index in [0.29, 0.717) is 18.8 Å². The van der Waals surface area contributed by atoms with Crippen molar-refractivity contribution in [3.63, 3.8) is 0 Å². The molecule has 0 atom stereocenters. The van der Waals surface area contributed by atoms with Crippen LogP contribution in [0.15, 0.2) is 30.9 Å². The molecule has 0 unspecified atom stereocenters. The number of nitrogens with zero attached hydrogens (tertiary/aromatic N) is 3. The maximum atomic E-state index is 12.6. The number of carbonyl (C=O) groups is 1. The maximum absolute atomic E-state index is 12.6. The summed E-state index contributed by atoms with van der Waals surface area (Å²) in [5, 5.41) is 4.66. The molecule has 0 radical (unpaired) electrons. The molecule has 2 aromatic rings. The lowest BCUT2D eigenvalue weighted by Gasteiger charge is -2.14. The molecule has 0 spiro atoms. The van der Waals surface area contributed by atoms with Gasteiger partial charge in [-0.15, -0.1) is 6.58 Å². The smallest absolute Gasteiger partial charge is 0.272 e. The van der Waals surface area contributed by atoms with Crippen LogP contribution in [-0.4, -0.2) is 34.2 Å². The SMILES string of the molecule is C=CCN(C)C(=O)c1cc(-c2c(C)cc(C)cc2C)nn1CC. The van der Waals surface area contributed by atoms with Crippen LogP contribution in [-0.2, 0) is 6.54 Å². The first kappa shape index (κ1) is 17.0. The van der Waals surface area contributed by atoms with E-state index in [4.69, 9.17) is 0 Å². The Bertz CT molecular complexity index is 720. The molecule has 122 valence electrons. The highest BCUT2D eigenvalue weighted by Gasteiger charge is 2.20. The van der Waals surface area contributed by atoms with E-state index < -0.39 is 0 Å². The molecule has 2 rings (SSSR count). The lowest BCUT2D eigenvalue weighted by Crippen LogP contribution is -2.28. The molecule has 0 aliphatic heterocycles. The lowest BCUT2D eigenvalue weighted by atomic mass is 9.97. The Morgan fingerprint density at radius 2 is 1.87 bits per heavy atom. The van der Waals surface area contributed by atoms with E-state index in [1.807, 2.05) is 13.0 Å². The van der Waals surface area contributed by atoms with Crippen molar-refractivity contribution >= 4 is 5.91 Å². The molecule has 1 heterocycles. The topological polar surface area (TPSA) is 38.1 Å². The van der Waals surface area contributed by atoms with Gasteiger partial charge in [0, 0.05) is 25.7 Å². The van der Waals surface area contributed by atoms with Gasteiger partial charge in [0.15, 0.2) is 0 Å². The minimum Gasteiger partial charge on any atom is -0.337 e. The highest BCUT2D eigenvalue weighted by Crippen LogP contribution is 2.28. The molecular formula is C19H25N3O. The van der Waals surface area contributed by atoms with Gasteiger partial charge in [0.05, 0.1) is 5.69 Å². The average molecular weight is 311 g/mol. The van der Waals surface area contributed by atoms with E-state index in [1.165, 1.54) is 16.7 Å². The van der Waals surface area contributed by atoms with E-state index >= 15 is 0 Å². The van der Waals surface area contributed by atoms with Crippen molar-refractivity contribution in [2.75, 3.05) is 13.6 Å². The summed E-state index contributed by atoms with van der Waals surface area (Å²) in [6, 6.07) is 6.20. The number of rotatable bonds is 5. The largest absolute Gasteiger partial charge is 0.337 e. The van der Waals surface area contributed by atoms with E-state index in [9.17, 15) is 4.79 Å². The van der Waals surface area contributed by atoms with Crippen LogP contribution in [0.4, 0.5) is 0 Å². The Hall–Kier alpha value is -2.36. The van der Waals surface area contributed by atoms with E-state index in [-0.39, 0.29) is 5.91 Å². The van der Waals surface area contributed by atoms with Gasteiger partial charge in [-0.05, 0) is 44.9 Å². The third-order valence-corrected chi connectivity index (χ3v) is 3.98. The molecule has 4 nitrogen and oxygen atoms in total. The fraction of sp³-hybridized carbons (Fsp3) is 0.368. The molecule has 4 heteroatoms. The van der Waals surface area contributed by atoms with Crippen molar-refractivity contribution in [2.45, 2.75) is 34.2 Å². The first-order chi connectivity index (χ1) is 10.9. The lowest BCUT2D eigenvalue weighted by molar-refractivity contribution is 0.0798. The first-order valence-electron chi connectivity index (χ1n) is 7.91. The predicted octanol–water partition coefficient (Wildman–Crippen LogP) is 3.75. The number of likely N-dealkylation sites (N-methyl/N-ethyl adjacent to an activating group) is 1. The summed E-state index contributed by atoms with van der Waals surface area (Å²) in [7, 11) is 1.78. The zero-order valence-electron chi connectivity index (χ0n) is 14.7. The van der Waals surface area contributed by atoms with Gasteiger partial charge in [0.2, 0.25) is 0 Å². The van der Waals surface area contributed by atoms with Crippen molar-refractivity contribution in [1.29, 1.82) is 0 Å². The fourth-order valence-electron chi connectivity index (χ4n) is 3.01. The molecule has 23 heavy (non-hydrogen) atoms. The second kappa shape index (κ2) is 6.82. The van der Waals surface area contributed by atoms with Gasteiger partial charge in [0.1, 0.15) is 5.69 Å². The molecule has 1 aromatic carbocycles. The molecule has 0 N–H and O–H groups in total. The van der Waals surface area contributed by atoms with Crippen molar-refractivity contribution < 1.29 is 4.79 Å². The highest BCUT2D eigenvalue weighted by atomic mass is 16.2. The van der Waals surface area contributed by atoms with Crippen LogP contribution >= 0.6 is 0 Å². The Kier molecular flexibility index (Phi) is 5.04. The van der Waals surface area contributed by atoms with Crippen LogP contribution in [0.3, 0.4) is 0 Å². The Balaban J connectivity index is 2.52. The van der Waals surface area contributed by atoms with Crippen LogP contribution < -0.4 is 0 Å². The number of hydrogen-bond acceptors (Lipinski definition) is 2. The van der Waals surface area contributed by atoms with Crippen molar-refractivity contribution in [3.05, 3.63) is 53.2 Å². The van der Waals surface area contributed by atoms with Gasteiger partial charge in [-0.1, -0.05) is 23.8 Å². The Morgan fingerprint density at radius 3 is 2.39 bits per heavy atom. The Morgan fingerprint density at radius 1 is 1.26 bits per heavy atom. The van der Waals surface area contributed by atoms with Crippen molar-refractivity contribution in [2.24, 2.45) is 0 Å². The summed E-state index contributed by atoms with van der Waals surface area (Å²) < 4.78 is 1.77. The molecule has 1 amide bonds. The fourth-order valence-corrected chi connectivity index (χ4v) is 3.01. The molecular weight excluding hydrogens is 286 g/mol. The van der Waals surface area contributed by atoms with E-state index in [1.54, 1.807) is 22.7 Å². The number of carbonyl (C=O) groups excluding carboxylic acids is 1. The van der Waals surface area contributed by atoms with Gasteiger partial charge in [-0.2, -0.15) is 5.10 Å². The number of aryl methyl sites for hydroxylation is 4. The second-order valence-corrected chi connectivity index (χ2v) is 5.98. The summed E-state index contributed by atoms with van der Waals surface area (Å²) in [5.41, 5.74) is 6.19. The van der Waals surface area contributed by atoms with Crippen molar-refractivity contribution in [1.82, 2.24) is 14.7 Å². The van der Waals surface area contributed by atoms with Gasteiger partial charge < -0.3 is 4.90 Å². The molecule has 0 fully saturated rings. The molecule has 0 saturated carbocycles. The highest BCUT2D eigenvalue weighted by molar-refractivity contribution is 5.94. The molecule has 1 aromatic heterocycles. The van der Waals surface area contributed by atoms with Crippen LogP contribution in [0.2, 0.25) is 0 Å². The quantitative estimate of drug-likeness (QED) is 0.789. The summed E-state index contributed by atoms with van der Waals surface area (Å²) in [4.78, 5) is 14.2. The zero-order valence-corrected chi connectivity index (χ0v) is 14.7. The van der Waals surface area contributed by atoms with Gasteiger partial charge in [-0.25, -0.2) is 0 Å². The van der Waals surface area contributed by atoms with Gasteiger partial charge in [-0.3, -0.25) is 9.48 Å². The summed E-state index contributed by atoms with van der Waals surface area (Å²) >= 11 is 0. The summed E-state index contributed by atoms with van der Waals surface area (Å²) in [6.45, 7) is 13.1.